The van der Waals surface area contributed by atoms with Crippen LogP contribution in [0.2, 0.25) is 0 Å². The van der Waals surface area contributed by atoms with E-state index in [1.54, 1.807) is 7.05 Å². The third-order valence-corrected chi connectivity index (χ3v) is 3.55. The maximum atomic E-state index is 12.1. The van der Waals surface area contributed by atoms with E-state index in [9.17, 15) is 9.59 Å². The van der Waals surface area contributed by atoms with Crippen LogP contribution < -0.4 is 11.1 Å². The molecule has 0 bridgehead atoms. The number of aryl methyl sites for hydroxylation is 2. The second kappa shape index (κ2) is 9.53. The first-order valence-corrected chi connectivity index (χ1v) is 7.59. The van der Waals surface area contributed by atoms with Gasteiger partial charge in [-0.3, -0.25) is 9.59 Å². The summed E-state index contributed by atoms with van der Waals surface area (Å²) in [7, 11) is 1.60. The summed E-state index contributed by atoms with van der Waals surface area (Å²) in [5.74, 6) is -0.0776. The van der Waals surface area contributed by atoms with Gasteiger partial charge in [-0.25, -0.2) is 0 Å². The van der Waals surface area contributed by atoms with Crippen LogP contribution in [0.5, 0.6) is 0 Å². The number of likely N-dealkylation sites (N-methyl/N-ethyl adjacent to an activating group) is 1. The van der Waals surface area contributed by atoms with Crippen molar-refractivity contribution in [3.8, 4) is 0 Å². The molecular formula is C17H28ClN3O2. The number of nitrogens with one attached hydrogen (secondary N) is 1. The van der Waals surface area contributed by atoms with Crippen molar-refractivity contribution in [2.75, 3.05) is 18.9 Å². The van der Waals surface area contributed by atoms with E-state index in [4.69, 9.17) is 5.73 Å². The molecule has 0 heterocycles. The molecule has 0 unspecified atom stereocenters. The van der Waals surface area contributed by atoms with Gasteiger partial charge in [0.2, 0.25) is 11.8 Å². The zero-order valence-corrected chi connectivity index (χ0v) is 15.4. The van der Waals surface area contributed by atoms with Crippen LogP contribution in [-0.4, -0.2) is 36.3 Å². The van der Waals surface area contributed by atoms with Crippen molar-refractivity contribution in [2.24, 2.45) is 11.7 Å². The highest BCUT2D eigenvalue weighted by Gasteiger charge is 2.21. The Labute approximate surface area is 145 Å². The Morgan fingerprint density at radius 1 is 1.22 bits per heavy atom. The predicted octanol–water partition coefficient (Wildman–Crippen LogP) is 2.50. The third kappa shape index (κ3) is 6.59. The maximum absolute atomic E-state index is 12.1. The molecule has 0 aromatic heterocycles. The third-order valence-electron chi connectivity index (χ3n) is 3.55. The van der Waals surface area contributed by atoms with Gasteiger partial charge in [-0.1, -0.05) is 32.0 Å². The highest BCUT2D eigenvalue weighted by Crippen LogP contribution is 2.19. The predicted molar refractivity (Wildman–Crippen MR) is 96.9 cm³/mol. The van der Waals surface area contributed by atoms with Gasteiger partial charge in [0.15, 0.2) is 0 Å². The van der Waals surface area contributed by atoms with E-state index in [0.717, 1.165) is 16.8 Å². The molecule has 1 aromatic carbocycles. The van der Waals surface area contributed by atoms with Gasteiger partial charge in [0.1, 0.15) is 0 Å². The molecule has 1 aromatic rings. The van der Waals surface area contributed by atoms with Crippen molar-refractivity contribution < 1.29 is 9.59 Å². The fourth-order valence-corrected chi connectivity index (χ4v) is 2.38. The van der Waals surface area contributed by atoms with Crippen molar-refractivity contribution in [2.45, 2.75) is 40.2 Å². The number of anilines is 1. The number of hydrogen-bond donors (Lipinski definition) is 2. The Balaban J connectivity index is 0.00000484. The molecule has 0 aliphatic rings. The molecule has 5 nitrogen and oxygen atoms in total. The quantitative estimate of drug-likeness (QED) is 0.834. The lowest BCUT2D eigenvalue weighted by Gasteiger charge is -2.22. The number of nitrogens with two attached hydrogens (primary N) is 1. The Morgan fingerprint density at radius 2 is 1.74 bits per heavy atom. The van der Waals surface area contributed by atoms with Gasteiger partial charge in [0, 0.05) is 12.7 Å². The van der Waals surface area contributed by atoms with Gasteiger partial charge < -0.3 is 16.0 Å². The number of hydrogen-bond acceptors (Lipinski definition) is 3. The van der Waals surface area contributed by atoms with Gasteiger partial charge in [0.25, 0.3) is 0 Å². The van der Waals surface area contributed by atoms with Crippen LogP contribution in [0.3, 0.4) is 0 Å². The first-order chi connectivity index (χ1) is 10.2. The summed E-state index contributed by atoms with van der Waals surface area (Å²) in [5.41, 5.74) is 8.68. The topological polar surface area (TPSA) is 75.4 Å². The monoisotopic (exact) mass is 341 g/mol. The van der Waals surface area contributed by atoms with E-state index in [1.165, 1.54) is 4.90 Å². The number of rotatable bonds is 6. The van der Waals surface area contributed by atoms with Crippen LogP contribution in [0, 0.1) is 19.8 Å². The molecule has 0 saturated carbocycles. The minimum Gasteiger partial charge on any atom is -0.335 e. The summed E-state index contributed by atoms with van der Waals surface area (Å²) in [4.78, 5) is 25.6. The fraction of sp³-hybridized carbons (Fsp3) is 0.529. The molecule has 0 spiro atoms. The molecule has 3 N–H and O–H groups in total. The Bertz CT molecular complexity index is 526. The molecule has 0 aliphatic carbocycles. The summed E-state index contributed by atoms with van der Waals surface area (Å²) >= 11 is 0. The van der Waals surface area contributed by atoms with E-state index in [0.29, 0.717) is 12.3 Å². The lowest BCUT2D eigenvalue weighted by atomic mass is 10.0. The molecule has 6 heteroatoms. The van der Waals surface area contributed by atoms with Crippen LogP contribution in [-0.2, 0) is 9.59 Å². The zero-order valence-electron chi connectivity index (χ0n) is 14.6. The van der Waals surface area contributed by atoms with Crippen LogP contribution in [0.4, 0.5) is 5.69 Å². The maximum Gasteiger partial charge on any atom is 0.243 e. The Kier molecular flexibility index (Phi) is 8.87. The van der Waals surface area contributed by atoms with Gasteiger partial charge in [-0.2, -0.15) is 0 Å². The van der Waals surface area contributed by atoms with E-state index < -0.39 is 6.04 Å². The summed E-state index contributed by atoms with van der Waals surface area (Å²) in [6.07, 6.45) is 0.613. The zero-order chi connectivity index (χ0) is 16.9. The first kappa shape index (κ1) is 21.4. The number of amides is 2. The van der Waals surface area contributed by atoms with E-state index >= 15 is 0 Å². The smallest absolute Gasteiger partial charge is 0.243 e. The molecule has 2 amide bonds. The van der Waals surface area contributed by atoms with Gasteiger partial charge in [0.05, 0.1) is 12.6 Å². The molecule has 1 atom stereocenters. The molecule has 0 radical (unpaired) electrons. The highest BCUT2D eigenvalue weighted by molar-refractivity contribution is 5.96. The number of para-hydroxylation sites is 1. The van der Waals surface area contributed by atoms with Gasteiger partial charge >= 0.3 is 0 Å². The summed E-state index contributed by atoms with van der Waals surface area (Å²) < 4.78 is 0. The molecule has 0 fully saturated rings. The number of halogens is 1. The standard InChI is InChI=1S/C17H27N3O2.ClH/c1-11(2)9-14(18)17(22)20(5)10-15(21)19-16-12(3)7-6-8-13(16)4;/h6-8,11,14H,9-10,18H2,1-5H3,(H,19,21);1H/t14-;/m0./s1. The molecule has 130 valence electrons. The summed E-state index contributed by atoms with van der Waals surface area (Å²) in [5, 5.41) is 2.87. The fourth-order valence-electron chi connectivity index (χ4n) is 2.38. The van der Waals surface area contributed by atoms with Crippen molar-refractivity contribution >= 4 is 29.9 Å². The summed E-state index contributed by atoms with van der Waals surface area (Å²) in [6.45, 7) is 7.91. The second-order valence-corrected chi connectivity index (χ2v) is 6.25. The van der Waals surface area contributed by atoms with Crippen molar-refractivity contribution in [3.05, 3.63) is 29.3 Å². The Morgan fingerprint density at radius 3 is 2.22 bits per heavy atom. The molecule has 1 rings (SSSR count). The number of nitrogens with zero attached hydrogens (tertiary/aromatic N) is 1. The largest absolute Gasteiger partial charge is 0.335 e. The van der Waals surface area contributed by atoms with Crippen LogP contribution in [0.15, 0.2) is 18.2 Å². The van der Waals surface area contributed by atoms with Crippen LogP contribution in [0.1, 0.15) is 31.4 Å². The molecule has 0 aliphatic heterocycles. The first-order valence-electron chi connectivity index (χ1n) is 7.59. The van der Waals surface area contributed by atoms with Gasteiger partial charge in [-0.15, -0.1) is 12.4 Å². The number of carbonyl (C=O) groups excluding carboxylic acids is 2. The molecule has 23 heavy (non-hydrogen) atoms. The minimum absolute atomic E-state index is 0. The summed E-state index contributed by atoms with van der Waals surface area (Å²) in [6, 6.07) is 5.27. The number of carbonyl (C=O) groups is 2. The van der Waals surface area contributed by atoms with Crippen LogP contribution >= 0.6 is 12.4 Å². The van der Waals surface area contributed by atoms with Crippen molar-refractivity contribution in [3.63, 3.8) is 0 Å². The number of benzene rings is 1. The highest BCUT2D eigenvalue weighted by atomic mass is 35.5. The van der Waals surface area contributed by atoms with Crippen molar-refractivity contribution in [1.82, 2.24) is 4.90 Å². The van der Waals surface area contributed by atoms with Gasteiger partial charge in [-0.05, 0) is 37.3 Å². The Hall–Kier alpha value is -1.59. The van der Waals surface area contributed by atoms with Crippen molar-refractivity contribution in [1.29, 1.82) is 0 Å². The van der Waals surface area contributed by atoms with Crippen LogP contribution in [0.25, 0.3) is 0 Å². The average molecular weight is 342 g/mol. The van der Waals surface area contributed by atoms with E-state index in [-0.39, 0.29) is 30.8 Å². The lowest BCUT2D eigenvalue weighted by molar-refractivity contribution is -0.134. The SMILES string of the molecule is Cc1cccc(C)c1NC(=O)CN(C)C(=O)[C@@H](N)CC(C)C.Cl. The normalized spacial score (nSPS) is 11.6. The average Bonchev–Trinajstić information content (AvgIpc) is 2.41. The van der Waals surface area contributed by atoms with E-state index in [1.807, 2.05) is 45.9 Å². The molecule has 0 saturated heterocycles. The van der Waals surface area contributed by atoms with E-state index in [2.05, 4.69) is 5.32 Å². The lowest BCUT2D eigenvalue weighted by Crippen LogP contribution is -2.45. The minimum atomic E-state index is -0.557. The second-order valence-electron chi connectivity index (χ2n) is 6.25. The molecular weight excluding hydrogens is 314 g/mol.